The molecular formula is C9H21KO3S. The minimum atomic E-state index is -3.67. The van der Waals surface area contributed by atoms with E-state index >= 15 is 0 Å². The molecule has 0 amide bonds. The summed E-state index contributed by atoms with van der Waals surface area (Å²) in [5.74, 6) is 0. The number of rotatable bonds is 5. The van der Waals surface area contributed by atoms with E-state index in [1.54, 1.807) is 0 Å². The van der Waals surface area contributed by atoms with E-state index in [0.717, 1.165) is 6.42 Å². The number of unbranched alkanes of at least 4 members (excludes halogenated alkanes) is 5. The van der Waals surface area contributed by atoms with E-state index in [0.29, 0.717) is 6.26 Å². The second-order valence-electron chi connectivity index (χ2n) is 3.00. The predicted octanol–water partition coefficient (Wildman–Crippen LogP) is -0.311. The van der Waals surface area contributed by atoms with Crippen LogP contribution in [0.2, 0.25) is 0 Å². The Morgan fingerprint density at radius 3 is 1.79 bits per heavy atom. The summed E-state index contributed by atoms with van der Waals surface area (Å²) in [6.07, 6.45) is 8.69. The van der Waals surface area contributed by atoms with Crippen LogP contribution in [-0.2, 0) is 10.1 Å². The Kier molecular flexibility index (Phi) is 21.7. The van der Waals surface area contributed by atoms with Crippen LogP contribution in [0.4, 0.5) is 0 Å². The molecule has 82 valence electrons. The van der Waals surface area contributed by atoms with Gasteiger partial charge in [-0.15, -0.1) is 0 Å². The van der Waals surface area contributed by atoms with Crippen molar-refractivity contribution in [1.82, 2.24) is 0 Å². The average molecular weight is 248 g/mol. The maximum Gasteiger partial charge on any atom is 1.00 e. The van der Waals surface area contributed by atoms with Crippen LogP contribution in [0.15, 0.2) is 0 Å². The Morgan fingerprint density at radius 1 is 1.14 bits per heavy atom. The van der Waals surface area contributed by atoms with Gasteiger partial charge >= 0.3 is 51.4 Å². The van der Waals surface area contributed by atoms with Gasteiger partial charge in [0.05, 0.1) is 6.26 Å². The summed E-state index contributed by atoms with van der Waals surface area (Å²) in [7, 11) is -3.67. The number of hydrogen-bond acceptors (Lipinski definition) is 2. The minimum absolute atomic E-state index is 0. The van der Waals surface area contributed by atoms with Crippen molar-refractivity contribution in [3.8, 4) is 0 Å². The first-order chi connectivity index (χ1) is 5.91. The molecule has 0 aromatic heterocycles. The fraction of sp³-hybridized carbons (Fsp3) is 0.889. The van der Waals surface area contributed by atoms with Gasteiger partial charge in [0, 0.05) is 0 Å². The van der Waals surface area contributed by atoms with Gasteiger partial charge in [-0.1, -0.05) is 39.0 Å². The predicted molar refractivity (Wildman–Crippen MR) is 56.2 cm³/mol. The molecule has 0 saturated heterocycles. The third-order valence-corrected chi connectivity index (χ3v) is 1.35. The monoisotopic (exact) mass is 248 g/mol. The second kappa shape index (κ2) is 14.5. The van der Waals surface area contributed by atoms with Crippen molar-refractivity contribution in [2.75, 3.05) is 6.26 Å². The Bertz CT molecular complexity index is 164. The van der Waals surface area contributed by atoms with Crippen LogP contribution in [-0.4, -0.2) is 19.2 Å². The summed E-state index contributed by atoms with van der Waals surface area (Å²) in [6, 6.07) is 0. The molecule has 5 heteroatoms. The van der Waals surface area contributed by atoms with Crippen molar-refractivity contribution in [3.05, 3.63) is 6.92 Å². The molecule has 0 aliphatic heterocycles. The minimum Gasteiger partial charge on any atom is -0.343 e. The van der Waals surface area contributed by atoms with Crippen molar-refractivity contribution in [2.45, 2.75) is 45.4 Å². The van der Waals surface area contributed by atoms with Crippen molar-refractivity contribution < 1.29 is 64.4 Å². The summed E-state index contributed by atoms with van der Waals surface area (Å²) >= 11 is 0. The zero-order chi connectivity index (χ0) is 10.7. The Morgan fingerprint density at radius 2 is 1.50 bits per heavy atom. The second-order valence-corrected chi connectivity index (χ2v) is 4.47. The zero-order valence-corrected chi connectivity index (χ0v) is 13.6. The van der Waals surface area contributed by atoms with Crippen molar-refractivity contribution >= 4 is 10.1 Å². The fourth-order valence-corrected chi connectivity index (χ4v) is 0.780. The summed E-state index contributed by atoms with van der Waals surface area (Å²) in [5, 5.41) is 0. The third-order valence-electron chi connectivity index (χ3n) is 1.35. The van der Waals surface area contributed by atoms with E-state index in [2.05, 4.69) is 13.8 Å². The van der Waals surface area contributed by atoms with Crippen LogP contribution in [0.1, 0.15) is 45.4 Å². The molecule has 0 aromatic carbocycles. The summed E-state index contributed by atoms with van der Waals surface area (Å²) in [6.45, 7) is 6.02. The largest absolute Gasteiger partial charge is 1.00 e. The molecule has 0 spiro atoms. The van der Waals surface area contributed by atoms with Crippen LogP contribution in [0.3, 0.4) is 0 Å². The van der Waals surface area contributed by atoms with E-state index in [-0.39, 0.29) is 51.4 Å². The van der Waals surface area contributed by atoms with Crippen LogP contribution in [0, 0.1) is 6.92 Å². The van der Waals surface area contributed by atoms with E-state index in [4.69, 9.17) is 4.55 Å². The van der Waals surface area contributed by atoms with Gasteiger partial charge in [0.25, 0.3) is 10.1 Å². The molecule has 14 heavy (non-hydrogen) atoms. The van der Waals surface area contributed by atoms with Gasteiger partial charge in [-0.05, 0) is 0 Å². The molecular weight excluding hydrogens is 227 g/mol. The smallest absolute Gasteiger partial charge is 0.343 e. The molecule has 0 aliphatic carbocycles. The molecule has 0 aromatic rings. The standard InChI is InChI=1S/C8H17.CH4O3S.K/c1-3-5-7-8-6-4-2;1-5(2,3)4;/h1,3-8H2,2H3;1H3,(H,2,3,4);/q-1;;+1. The van der Waals surface area contributed by atoms with Crippen LogP contribution in [0.25, 0.3) is 0 Å². The van der Waals surface area contributed by atoms with E-state index in [9.17, 15) is 8.42 Å². The molecule has 0 heterocycles. The van der Waals surface area contributed by atoms with Gasteiger partial charge in [-0.25, -0.2) is 0 Å². The molecule has 1 N–H and O–H groups in total. The Hall–Kier alpha value is 1.55. The average Bonchev–Trinajstić information content (AvgIpc) is 1.95. The molecule has 0 bridgehead atoms. The third kappa shape index (κ3) is 49.8. The van der Waals surface area contributed by atoms with Crippen molar-refractivity contribution in [3.63, 3.8) is 0 Å². The quantitative estimate of drug-likeness (QED) is 0.314. The van der Waals surface area contributed by atoms with Crippen LogP contribution < -0.4 is 51.4 Å². The molecule has 0 aliphatic rings. The van der Waals surface area contributed by atoms with Gasteiger partial charge in [0.15, 0.2) is 0 Å². The topological polar surface area (TPSA) is 54.4 Å². The molecule has 0 unspecified atom stereocenters. The van der Waals surface area contributed by atoms with Crippen molar-refractivity contribution in [2.24, 2.45) is 0 Å². The molecule has 0 rings (SSSR count). The molecule has 3 nitrogen and oxygen atoms in total. The zero-order valence-electron chi connectivity index (χ0n) is 9.62. The fourth-order valence-electron chi connectivity index (χ4n) is 0.780. The molecule has 0 radical (unpaired) electrons. The number of hydrogen-bond donors (Lipinski definition) is 1. The van der Waals surface area contributed by atoms with Gasteiger partial charge < -0.3 is 6.92 Å². The first-order valence-corrected chi connectivity index (χ1v) is 6.48. The van der Waals surface area contributed by atoms with E-state index in [1.165, 1.54) is 32.1 Å². The normalized spacial score (nSPS) is 9.71. The summed E-state index contributed by atoms with van der Waals surface area (Å²) in [5.41, 5.74) is 0. The maximum atomic E-state index is 9.19. The van der Waals surface area contributed by atoms with Crippen LogP contribution in [0.5, 0.6) is 0 Å². The Balaban J connectivity index is -0.000000177. The molecule has 0 atom stereocenters. The first kappa shape index (κ1) is 20.9. The van der Waals surface area contributed by atoms with Crippen molar-refractivity contribution in [1.29, 1.82) is 0 Å². The van der Waals surface area contributed by atoms with Crippen LogP contribution >= 0.6 is 0 Å². The molecule has 0 fully saturated rings. The molecule has 0 saturated carbocycles. The summed E-state index contributed by atoms with van der Waals surface area (Å²) in [4.78, 5) is 0. The summed E-state index contributed by atoms with van der Waals surface area (Å²) < 4.78 is 25.9. The SMILES string of the molecule is CS(=O)(=O)O.[CH2-]CCCCCCC.[K+]. The van der Waals surface area contributed by atoms with Gasteiger partial charge in [-0.3, -0.25) is 4.55 Å². The van der Waals surface area contributed by atoms with Gasteiger partial charge in [0.1, 0.15) is 0 Å². The maximum absolute atomic E-state index is 9.19. The van der Waals surface area contributed by atoms with E-state index < -0.39 is 10.1 Å². The Labute approximate surface area is 131 Å². The van der Waals surface area contributed by atoms with Gasteiger partial charge in [-0.2, -0.15) is 14.8 Å². The van der Waals surface area contributed by atoms with E-state index in [1.807, 2.05) is 0 Å². The van der Waals surface area contributed by atoms with Gasteiger partial charge in [0.2, 0.25) is 0 Å². The first-order valence-electron chi connectivity index (χ1n) is 4.63.